The van der Waals surface area contributed by atoms with Crippen LogP contribution in [0.25, 0.3) is 0 Å². The Bertz CT molecular complexity index is 688. The predicted molar refractivity (Wildman–Crippen MR) is 89.5 cm³/mol. The van der Waals surface area contributed by atoms with Crippen LogP contribution in [0.3, 0.4) is 0 Å². The number of amides is 1. The Balaban J connectivity index is 1.74. The zero-order valence-corrected chi connectivity index (χ0v) is 15.0. The van der Waals surface area contributed by atoms with E-state index in [1.807, 2.05) is 20.8 Å². The van der Waals surface area contributed by atoms with Crippen molar-refractivity contribution in [2.45, 2.75) is 51.8 Å². The summed E-state index contributed by atoms with van der Waals surface area (Å²) in [7, 11) is 0. The SMILES string of the molecule is CC(=O)c1cc(N2C[C@@H]3C[C@H]2CN3C(=O)OC(C)(C)C)nc(Cl)n1. The molecule has 2 aliphatic heterocycles. The number of carbonyl (C=O) groups excluding carboxylic acids is 2. The Morgan fingerprint density at radius 3 is 2.50 bits per heavy atom. The fourth-order valence-electron chi connectivity index (χ4n) is 3.22. The summed E-state index contributed by atoms with van der Waals surface area (Å²) in [4.78, 5) is 35.9. The molecular weight excluding hydrogens is 332 g/mol. The summed E-state index contributed by atoms with van der Waals surface area (Å²) in [5.74, 6) is 0.483. The molecule has 1 aromatic heterocycles. The van der Waals surface area contributed by atoms with Gasteiger partial charge in [0.1, 0.15) is 17.1 Å². The van der Waals surface area contributed by atoms with Gasteiger partial charge >= 0.3 is 6.09 Å². The van der Waals surface area contributed by atoms with Crippen LogP contribution in [0, 0.1) is 0 Å². The number of nitrogens with zero attached hydrogens (tertiary/aromatic N) is 4. The van der Waals surface area contributed by atoms with Gasteiger partial charge in [-0.05, 0) is 38.8 Å². The molecule has 0 unspecified atom stereocenters. The minimum Gasteiger partial charge on any atom is -0.444 e. The number of anilines is 1. The molecule has 0 aliphatic carbocycles. The van der Waals surface area contributed by atoms with Crippen molar-refractivity contribution >= 4 is 29.3 Å². The first-order chi connectivity index (χ1) is 11.1. The van der Waals surface area contributed by atoms with E-state index in [2.05, 4.69) is 14.9 Å². The van der Waals surface area contributed by atoms with E-state index >= 15 is 0 Å². The van der Waals surface area contributed by atoms with Gasteiger partial charge in [-0.25, -0.2) is 14.8 Å². The molecule has 2 aliphatic rings. The van der Waals surface area contributed by atoms with Crippen LogP contribution in [0.2, 0.25) is 5.28 Å². The summed E-state index contributed by atoms with van der Waals surface area (Å²) in [6.45, 7) is 8.25. The molecule has 2 saturated heterocycles. The van der Waals surface area contributed by atoms with Gasteiger partial charge < -0.3 is 14.5 Å². The van der Waals surface area contributed by atoms with Crippen molar-refractivity contribution in [2.75, 3.05) is 18.0 Å². The number of Topliss-reactive ketones (excluding diaryl/α,β-unsaturated/α-hetero) is 1. The summed E-state index contributed by atoms with van der Waals surface area (Å²) in [5.41, 5.74) is -0.202. The van der Waals surface area contributed by atoms with Crippen molar-refractivity contribution in [3.63, 3.8) is 0 Å². The molecule has 3 heterocycles. The molecule has 7 nitrogen and oxygen atoms in total. The van der Waals surface area contributed by atoms with Gasteiger partial charge in [0.15, 0.2) is 5.78 Å². The smallest absolute Gasteiger partial charge is 0.410 e. The first-order valence-corrected chi connectivity index (χ1v) is 8.33. The van der Waals surface area contributed by atoms with E-state index in [1.165, 1.54) is 6.92 Å². The number of fused-ring (bicyclic) bond motifs is 2. The third kappa shape index (κ3) is 3.31. The van der Waals surface area contributed by atoms with Gasteiger partial charge in [0.05, 0.1) is 12.1 Å². The molecule has 24 heavy (non-hydrogen) atoms. The molecule has 0 spiro atoms. The van der Waals surface area contributed by atoms with Crippen molar-refractivity contribution in [3.8, 4) is 0 Å². The number of ketones is 1. The second kappa shape index (κ2) is 5.88. The number of piperazine rings is 1. The fourth-order valence-corrected chi connectivity index (χ4v) is 3.40. The molecule has 3 rings (SSSR count). The molecule has 0 radical (unpaired) electrons. The zero-order valence-electron chi connectivity index (χ0n) is 14.2. The van der Waals surface area contributed by atoms with E-state index in [9.17, 15) is 9.59 Å². The van der Waals surface area contributed by atoms with E-state index in [1.54, 1.807) is 11.0 Å². The maximum absolute atomic E-state index is 12.3. The second-order valence-electron chi connectivity index (χ2n) is 7.27. The van der Waals surface area contributed by atoms with Gasteiger partial charge in [-0.15, -0.1) is 0 Å². The highest BCUT2D eigenvalue weighted by Gasteiger charge is 2.47. The fraction of sp³-hybridized carbons (Fsp3) is 0.625. The standard InChI is InChI=1S/C16H21ClN4O3/c1-9(22)12-6-13(19-14(17)18-12)20-7-11-5-10(20)8-21(11)15(23)24-16(2,3)4/h6,10-11H,5,7-8H2,1-4H3/t10-,11-/m0/s1. The Kier molecular flexibility index (Phi) is 4.15. The largest absolute Gasteiger partial charge is 0.444 e. The number of aromatic nitrogens is 2. The average Bonchev–Trinajstić information content (AvgIpc) is 3.04. The maximum Gasteiger partial charge on any atom is 0.410 e. The Labute approximate surface area is 145 Å². The van der Waals surface area contributed by atoms with Crippen LogP contribution in [0.1, 0.15) is 44.6 Å². The molecule has 2 bridgehead atoms. The lowest BCUT2D eigenvalue weighted by molar-refractivity contribution is 0.0214. The molecular formula is C16H21ClN4O3. The lowest BCUT2D eigenvalue weighted by atomic mass is 10.2. The average molecular weight is 353 g/mol. The Morgan fingerprint density at radius 1 is 1.25 bits per heavy atom. The number of halogens is 1. The van der Waals surface area contributed by atoms with Crippen LogP contribution in [0.5, 0.6) is 0 Å². The monoisotopic (exact) mass is 352 g/mol. The van der Waals surface area contributed by atoms with E-state index in [4.69, 9.17) is 16.3 Å². The molecule has 1 aromatic rings. The number of rotatable bonds is 2. The summed E-state index contributed by atoms with van der Waals surface area (Å²) in [6.07, 6.45) is 0.579. The molecule has 2 atom stereocenters. The summed E-state index contributed by atoms with van der Waals surface area (Å²) in [5, 5.41) is 0.0597. The zero-order chi connectivity index (χ0) is 17.6. The molecule has 1 amide bonds. The van der Waals surface area contributed by atoms with Gasteiger partial charge in [0.25, 0.3) is 0 Å². The molecule has 0 N–H and O–H groups in total. The molecule has 0 aromatic carbocycles. The first-order valence-electron chi connectivity index (χ1n) is 7.96. The van der Waals surface area contributed by atoms with Crippen molar-refractivity contribution in [1.82, 2.24) is 14.9 Å². The van der Waals surface area contributed by atoms with E-state index in [-0.39, 0.29) is 29.2 Å². The quantitative estimate of drug-likeness (QED) is 0.601. The van der Waals surface area contributed by atoms with Gasteiger partial charge in [-0.2, -0.15) is 0 Å². The molecule has 2 fully saturated rings. The molecule has 0 saturated carbocycles. The normalized spacial score (nSPS) is 22.9. The summed E-state index contributed by atoms with van der Waals surface area (Å²) < 4.78 is 5.46. The lowest BCUT2D eigenvalue weighted by Gasteiger charge is -2.35. The highest BCUT2D eigenvalue weighted by Crippen LogP contribution is 2.35. The van der Waals surface area contributed by atoms with Crippen LogP contribution in [0.15, 0.2) is 6.07 Å². The highest BCUT2D eigenvalue weighted by atomic mass is 35.5. The number of hydrogen-bond acceptors (Lipinski definition) is 6. The topological polar surface area (TPSA) is 75.6 Å². The lowest BCUT2D eigenvalue weighted by Crippen LogP contribution is -2.50. The van der Waals surface area contributed by atoms with Crippen LogP contribution in [0.4, 0.5) is 10.6 Å². The predicted octanol–water partition coefficient (Wildman–Crippen LogP) is 2.53. The van der Waals surface area contributed by atoms with Gasteiger partial charge in [-0.1, -0.05) is 0 Å². The summed E-state index contributed by atoms with van der Waals surface area (Å²) in [6, 6.07) is 1.89. The second-order valence-corrected chi connectivity index (χ2v) is 7.60. The Morgan fingerprint density at radius 2 is 1.96 bits per heavy atom. The minimum atomic E-state index is -0.505. The summed E-state index contributed by atoms with van der Waals surface area (Å²) >= 11 is 5.94. The first kappa shape index (κ1) is 17.0. The van der Waals surface area contributed by atoms with Crippen molar-refractivity contribution in [2.24, 2.45) is 0 Å². The van der Waals surface area contributed by atoms with E-state index in [0.717, 1.165) is 6.42 Å². The van der Waals surface area contributed by atoms with Crippen molar-refractivity contribution in [3.05, 3.63) is 17.0 Å². The van der Waals surface area contributed by atoms with Crippen LogP contribution >= 0.6 is 11.6 Å². The third-order valence-electron chi connectivity index (χ3n) is 4.21. The van der Waals surface area contributed by atoms with Gasteiger partial charge in [0, 0.05) is 26.1 Å². The van der Waals surface area contributed by atoms with Crippen LogP contribution in [-0.4, -0.2) is 57.5 Å². The van der Waals surface area contributed by atoms with Gasteiger partial charge in [-0.3, -0.25) is 4.79 Å². The minimum absolute atomic E-state index is 0.0597. The highest BCUT2D eigenvalue weighted by molar-refractivity contribution is 6.28. The van der Waals surface area contributed by atoms with Crippen LogP contribution < -0.4 is 4.90 Å². The van der Waals surface area contributed by atoms with Crippen molar-refractivity contribution in [1.29, 1.82) is 0 Å². The Hall–Kier alpha value is -1.89. The van der Waals surface area contributed by atoms with Crippen LogP contribution in [-0.2, 0) is 4.74 Å². The number of carbonyl (C=O) groups is 2. The third-order valence-corrected chi connectivity index (χ3v) is 4.38. The molecule has 130 valence electrons. The van der Waals surface area contributed by atoms with E-state index in [0.29, 0.717) is 24.6 Å². The van der Waals surface area contributed by atoms with Crippen molar-refractivity contribution < 1.29 is 14.3 Å². The maximum atomic E-state index is 12.3. The molecule has 8 heteroatoms. The number of ether oxygens (including phenoxy) is 1. The number of likely N-dealkylation sites (tertiary alicyclic amines) is 1. The van der Waals surface area contributed by atoms with E-state index < -0.39 is 5.60 Å². The van der Waals surface area contributed by atoms with Gasteiger partial charge in [0.2, 0.25) is 5.28 Å². The number of hydrogen-bond donors (Lipinski definition) is 0.